The van der Waals surface area contributed by atoms with E-state index in [0.29, 0.717) is 5.56 Å². The lowest BCUT2D eigenvalue weighted by Gasteiger charge is -2.14. The van der Waals surface area contributed by atoms with Crippen molar-refractivity contribution in [2.45, 2.75) is 32.7 Å². The lowest BCUT2D eigenvalue weighted by Crippen LogP contribution is -2.33. The summed E-state index contributed by atoms with van der Waals surface area (Å²) in [6, 6.07) is 4.15. The van der Waals surface area contributed by atoms with Gasteiger partial charge >= 0.3 is 0 Å². The van der Waals surface area contributed by atoms with Gasteiger partial charge in [0.05, 0.1) is 5.69 Å². The van der Waals surface area contributed by atoms with Crippen LogP contribution < -0.4 is 11.1 Å². The van der Waals surface area contributed by atoms with E-state index in [-0.39, 0.29) is 17.6 Å². The molecule has 0 atom stereocenters. The molecule has 1 aromatic carbocycles. The smallest absolute Gasteiger partial charge is 0.251 e. The van der Waals surface area contributed by atoms with Crippen molar-refractivity contribution in [3.05, 3.63) is 29.6 Å². The molecule has 3 nitrogen and oxygen atoms in total. The van der Waals surface area contributed by atoms with Crippen molar-refractivity contribution in [1.82, 2.24) is 5.32 Å². The number of rotatable bonds is 4. The molecule has 0 spiro atoms. The average molecular weight is 224 g/mol. The van der Waals surface area contributed by atoms with E-state index in [4.69, 9.17) is 5.73 Å². The van der Waals surface area contributed by atoms with Crippen LogP contribution in [0.25, 0.3) is 0 Å². The number of amides is 1. The normalized spacial score (nSPS) is 10.5. The molecule has 88 valence electrons. The van der Waals surface area contributed by atoms with Gasteiger partial charge in [0.15, 0.2) is 0 Å². The van der Waals surface area contributed by atoms with E-state index in [1.807, 2.05) is 13.8 Å². The first-order valence-corrected chi connectivity index (χ1v) is 5.44. The number of hydrogen-bond donors (Lipinski definition) is 2. The van der Waals surface area contributed by atoms with E-state index in [9.17, 15) is 9.18 Å². The van der Waals surface area contributed by atoms with Crippen LogP contribution in [-0.2, 0) is 0 Å². The minimum atomic E-state index is -0.501. The highest BCUT2D eigenvalue weighted by atomic mass is 19.1. The van der Waals surface area contributed by atoms with E-state index in [0.717, 1.165) is 12.8 Å². The van der Waals surface area contributed by atoms with Gasteiger partial charge in [0.25, 0.3) is 5.91 Å². The van der Waals surface area contributed by atoms with E-state index >= 15 is 0 Å². The summed E-state index contributed by atoms with van der Waals surface area (Å²) in [6.07, 6.45) is 1.75. The van der Waals surface area contributed by atoms with Crippen molar-refractivity contribution in [1.29, 1.82) is 0 Å². The Morgan fingerprint density at radius 3 is 2.56 bits per heavy atom. The van der Waals surface area contributed by atoms with Gasteiger partial charge < -0.3 is 11.1 Å². The molecule has 0 saturated carbocycles. The van der Waals surface area contributed by atoms with Gasteiger partial charge in [-0.25, -0.2) is 4.39 Å². The SMILES string of the molecule is CCC(CC)NC(=O)c1ccc(F)c(N)c1. The number of nitrogens with one attached hydrogen (secondary N) is 1. The van der Waals surface area contributed by atoms with Crippen molar-refractivity contribution in [3.63, 3.8) is 0 Å². The third-order valence-electron chi connectivity index (χ3n) is 2.58. The van der Waals surface area contributed by atoms with Gasteiger partial charge in [-0.1, -0.05) is 13.8 Å². The molecule has 1 amide bonds. The summed E-state index contributed by atoms with van der Waals surface area (Å²) in [5.74, 6) is -0.709. The molecule has 0 aromatic heterocycles. The third kappa shape index (κ3) is 2.95. The molecular weight excluding hydrogens is 207 g/mol. The Labute approximate surface area is 94.8 Å². The summed E-state index contributed by atoms with van der Waals surface area (Å²) in [5, 5.41) is 2.86. The molecule has 0 heterocycles. The number of nitrogens with two attached hydrogens (primary N) is 1. The Hall–Kier alpha value is -1.58. The van der Waals surface area contributed by atoms with E-state index < -0.39 is 5.82 Å². The molecule has 4 heteroatoms. The van der Waals surface area contributed by atoms with Crippen LogP contribution in [0.3, 0.4) is 0 Å². The lowest BCUT2D eigenvalue weighted by molar-refractivity contribution is 0.0935. The highest BCUT2D eigenvalue weighted by molar-refractivity contribution is 5.95. The van der Waals surface area contributed by atoms with Gasteiger partial charge in [0.1, 0.15) is 5.82 Å². The van der Waals surface area contributed by atoms with Crippen LogP contribution in [0.5, 0.6) is 0 Å². The highest BCUT2D eigenvalue weighted by Crippen LogP contribution is 2.12. The first-order chi connectivity index (χ1) is 7.58. The van der Waals surface area contributed by atoms with Gasteiger partial charge in [-0.3, -0.25) is 4.79 Å². The van der Waals surface area contributed by atoms with Gasteiger partial charge in [-0.05, 0) is 31.0 Å². The molecule has 1 aromatic rings. The molecule has 0 fully saturated rings. The van der Waals surface area contributed by atoms with Gasteiger partial charge in [-0.2, -0.15) is 0 Å². The number of nitrogen functional groups attached to an aromatic ring is 1. The molecule has 0 aliphatic rings. The molecule has 1 rings (SSSR count). The summed E-state index contributed by atoms with van der Waals surface area (Å²) in [7, 11) is 0. The maximum Gasteiger partial charge on any atom is 0.251 e. The molecule has 0 radical (unpaired) electrons. The fourth-order valence-electron chi connectivity index (χ4n) is 1.45. The second kappa shape index (κ2) is 5.49. The van der Waals surface area contributed by atoms with Crippen LogP contribution in [0.1, 0.15) is 37.0 Å². The Morgan fingerprint density at radius 2 is 2.06 bits per heavy atom. The molecular formula is C12H17FN2O. The molecule has 0 bridgehead atoms. The quantitative estimate of drug-likeness (QED) is 0.771. The first-order valence-electron chi connectivity index (χ1n) is 5.44. The van der Waals surface area contributed by atoms with Crippen LogP contribution >= 0.6 is 0 Å². The predicted molar refractivity (Wildman–Crippen MR) is 62.6 cm³/mol. The van der Waals surface area contributed by atoms with Crippen LogP contribution in [0.2, 0.25) is 0 Å². The van der Waals surface area contributed by atoms with Crippen LogP contribution in [0, 0.1) is 5.82 Å². The maximum absolute atomic E-state index is 12.9. The van der Waals surface area contributed by atoms with Crippen molar-refractivity contribution >= 4 is 11.6 Å². The second-order valence-corrected chi connectivity index (χ2v) is 3.72. The van der Waals surface area contributed by atoms with Crippen LogP contribution in [0.15, 0.2) is 18.2 Å². The molecule has 0 aliphatic heterocycles. The molecule has 3 N–H and O–H groups in total. The number of carbonyl (C=O) groups excluding carboxylic acids is 1. The van der Waals surface area contributed by atoms with Crippen molar-refractivity contribution in [2.24, 2.45) is 0 Å². The van der Waals surface area contributed by atoms with Gasteiger partial charge in [0, 0.05) is 11.6 Å². The zero-order chi connectivity index (χ0) is 12.1. The standard InChI is InChI=1S/C12H17FN2O/c1-3-9(4-2)15-12(16)8-5-6-10(13)11(14)7-8/h5-7,9H,3-4,14H2,1-2H3,(H,15,16). The Morgan fingerprint density at radius 1 is 1.44 bits per heavy atom. The zero-order valence-corrected chi connectivity index (χ0v) is 9.59. The second-order valence-electron chi connectivity index (χ2n) is 3.72. The summed E-state index contributed by atoms with van der Waals surface area (Å²) in [5.41, 5.74) is 5.79. The van der Waals surface area contributed by atoms with Crippen LogP contribution in [0.4, 0.5) is 10.1 Å². The number of hydrogen-bond acceptors (Lipinski definition) is 2. The van der Waals surface area contributed by atoms with E-state index in [1.54, 1.807) is 0 Å². The highest BCUT2D eigenvalue weighted by Gasteiger charge is 2.11. The number of benzene rings is 1. The topological polar surface area (TPSA) is 55.1 Å². The monoisotopic (exact) mass is 224 g/mol. The number of carbonyl (C=O) groups is 1. The van der Waals surface area contributed by atoms with Gasteiger partial charge in [0.2, 0.25) is 0 Å². The minimum Gasteiger partial charge on any atom is -0.396 e. The summed E-state index contributed by atoms with van der Waals surface area (Å²) in [4.78, 5) is 11.7. The lowest BCUT2D eigenvalue weighted by atomic mass is 10.1. The van der Waals surface area contributed by atoms with Crippen LogP contribution in [-0.4, -0.2) is 11.9 Å². The van der Waals surface area contributed by atoms with E-state index in [1.165, 1.54) is 18.2 Å². The molecule has 0 aliphatic carbocycles. The van der Waals surface area contributed by atoms with E-state index in [2.05, 4.69) is 5.32 Å². The number of anilines is 1. The van der Waals surface area contributed by atoms with Crippen molar-refractivity contribution < 1.29 is 9.18 Å². The third-order valence-corrected chi connectivity index (χ3v) is 2.58. The predicted octanol–water partition coefficient (Wildman–Crippen LogP) is 2.33. The molecule has 16 heavy (non-hydrogen) atoms. The van der Waals surface area contributed by atoms with Gasteiger partial charge in [-0.15, -0.1) is 0 Å². The Kier molecular flexibility index (Phi) is 4.28. The minimum absolute atomic E-state index is 0.00260. The fourth-order valence-corrected chi connectivity index (χ4v) is 1.45. The summed E-state index contributed by atoms with van der Waals surface area (Å²) >= 11 is 0. The molecule has 0 saturated heterocycles. The largest absolute Gasteiger partial charge is 0.396 e. The van der Waals surface area contributed by atoms with Crippen molar-refractivity contribution in [2.75, 3.05) is 5.73 Å². The zero-order valence-electron chi connectivity index (χ0n) is 9.59. The Balaban J connectivity index is 2.76. The summed E-state index contributed by atoms with van der Waals surface area (Å²) < 4.78 is 12.9. The average Bonchev–Trinajstić information content (AvgIpc) is 2.29. The maximum atomic E-state index is 12.9. The summed E-state index contributed by atoms with van der Waals surface area (Å²) in [6.45, 7) is 4.01. The Bertz CT molecular complexity index is 375. The fraction of sp³-hybridized carbons (Fsp3) is 0.417. The number of halogens is 1. The first kappa shape index (κ1) is 12.5. The molecule has 0 unspecified atom stereocenters. The van der Waals surface area contributed by atoms with Crippen molar-refractivity contribution in [3.8, 4) is 0 Å².